The van der Waals surface area contributed by atoms with Gasteiger partial charge < -0.3 is 14.1 Å². The molecule has 0 atom stereocenters. The Morgan fingerprint density at radius 1 is 1.14 bits per heavy atom. The van der Waals surface area contributed by atoms with Gasteiger partial charge in [0, 0.05) is 9.17 Å². The second-order valence-corrected chi connectivity index (χ2v) is 0.750. The van der Waals surface area contributed by atoms with Gasteiger partial charge in [-0.15, -0.1) is 0 Å². The SMILES string of the molecule is O=[Si]([O-])[O-].[Al+3].[Mg+2].[Mg+2]. The molecule has 24 valence electrons. The van der Waals surface area contributed by atoms with Crippen LogP contribution in [0.5, 0.6) is 0 Å². The van der Waals surface area contributed by atoms with Gasteiger partial charge in [0.15, 0.2) is 0 Å². The molecule has 0 rings (SSSR count). The van der Waals surface area contributed by atoms with E-state index in [0.29, 0.717) is 0 Å². The standard InChI is InChI=1S/Al.2Mg.O3Si/c;;;1-4(2)3/q+3;2*+2;-2. The number of hydrogen-bond acceptors (Lipinski definition) is 3. The third kappa shape index (κ3) is 87.7. The minimum Gasteiger partial charge on any atom is -0.672 e. The van der Waals surface area contributed by atoms with Crippen molar-refractivity contribution in [2.75, 3.05) is 0 Å². The van der Waals surface area contributed by atoms with Gasteiger partial charge in [-0.1, -0.05) is 0 Å². The van der Waals surface area contributed by atoms with Gasteiger partial charge >= 0.3 is 63.5 Å². The largest absolute Gasteiger partial charge is 3.00 e. The van der Waals surface area contributed by atoms with Crippen molar-refractivity contribution in [3.8, 4) is 0 Å². The van der Waals surface area contributed by atoms with Gasteiger partial charge in [0.2, 0.25) is 0 Å². The monoisotopic (exact) mass is 151 g/mol. The Kier molecular flexibility index (Phi) is 52.2. The van der Waals surface area contributed by atoms with Gasteiger partial charge in [-0.3, -0.25) is 0 Å². The fourth-order valence-corrected chi connectivity index (χ4v) is 0. The second kappa shape index (κ2) is 15.6. The summed E-state index contributed by atoms with van der Waals surface area (Å²) in [5.74, 6) is 0. The smallest absolute Gasteiger partial charge is 0.672 e. The van der Waals surface area contributed by atoms with Crippen molar-refractivity contribution in [3.05, 3.63) is 0 Å². The van der Waals surface area contributed by atoms with Crippen LogP contribution in [-0.4, -0.2) is 72.6 Å². The first kappa shape index (κ1) is 23.4. The Labute approximate surface area is 85.8 Å². The zero-order valence-corrected chi connectivity index (χ0v) is 8.70. The van der Waals surface area contributed by atoms with Crippen molar-refractivity contribution in [2.45, 2.75) is 0 Å². The molecule has 0 heterocycles. The fourth-order valence-electron chi connectivity index (χ4n) is 0. The predicted octanol–water partition coefficient (Wildman–Crippen LogP) is -4.02. The summed E-state index contributed by atoms with van der Waals surface area (Å²) in [7, 11) is -3.63. The Bertz CT molecular complexity index is 35.9. The van der Waals surface area contributed by atoms with Gasteiger partial charge in [0.05, 0.1) is 0 Å². The van der Waals surface area contributed by atoms with E-state index in [9.17, 15) is 0 Å². The number of rotatable bonds is 0. The molecule has 7 heteroatoms. The first-order valence-corrected chi connectivity index (χ1v) is 1.84. The summed E-state index contributed by atoms with van der Waals surface area (Å²) < 4.78 is 8.52. The van der Waals surface area contributed by atoms with Gasteiger partial charge in [-0.05, 0) is 0 Å². The minimum atomic E-state index is -3.63. The first-order valence-electron chi connectivity index (χ1n) is 0.612. The summed E-state index contributed by atoms with van der Waals surface area (Å²) in [6, 6.07) is 0. The van der Waals surface area contributed by atoms with E-state index < -0.39 is 9.17 Å². The van der Waals surface area contributed by atoms with E-state index >= 15 is 0 Å². The van der Waals surface area contributed by atoms with Crippen LogP contribution in [0, 0.1) is 0 Å². The summed E-state index contributed by atoms with van der Waals surface area (Å²) in [6.45, 7) is 0. The average Bonchev–Trinajstić information content (AvgIpc) is 0.811. The summed E-state index contributed by atoms with van der Waals surface area (Å²) in [6.07, 6.45) is 0. The van der Waals surface area contributed by atoms with Crippen molar-refractivity contribution < 1.29 is 14.1 Å². The maximum absolute atomic E-state index is 8.52. The van der Waals surface area contributed by atoms with Crippen LogP contribution in [0.25, 0.3) is 0 Å². The Morgan fingerprint density at radius 2 is 1.14 bits per heavy atom. The molecule has 0 aliphatic rings. The van der Waals surface area contributed by atoms with Crippen LogP contribution in [0.3, 0.4) is 0 Å². The Balaban J connectivity index is -0.0000000150. The van der Waals surface area contributed by atoms with Crippen LogP contribution in [-0.2, 0) is 4.46 Å². The molecule has 0 unspecified atom stereocenters. The molecule has 0 aliphatic carbocycles. The van der Waals surface area contributed by atoms with E-state index in [4.69, 9.17) is 14.1 Å². The fraction of sp³-hybridized carbons (Fsp3) is 0. The van der Waals surface area contributed by atoms with Crippen molar-refractivity contribution in [3.63, 3.8) is 0 Å². The first-order chi connectivity index (χ1) is 1.73. The second-order valence-electron chi connectivity index (χ2n) is 0.250. The van der Waals surface area contributed by atoms with E-state index in [1.807, 2.05) is 0 Å². The molecule has 0 aliphatic heterocycles. The summed E-state index contributed by atoms with van der Waals surface area (Å²) in [5.41, 5.74) is 0. The molecule has 0 saturated carbocycles. The van der Waals surface area contributed by atoms with Crippen LogP contribution >= 0.6 is 0 Å². The van der Waals surface area contributed by atoms with Crippen molar-refractivity contribution in [1.82, 2.24) is 0 Å². The Morgan fingerprint density at radius 3 is 1.14 bits per heavy atom. The van der Waals surface area contributed by atoms with Crippen molar-refractivity contribution >= 4 is 72.6 Å². The maximum Gasteiger partial charge on any atom is 3.00 e. The third-order valence-corrected chi connectivity index (χ3v) is 0. The molecule has 0 N–H and O–H groups in total. The Hall–Kier alpha value is 1.68. The molecule has 0 radical (unpaired) electrons. The molecule has 0 saturated heterocycles. The molecule has 0 bridgehead atoms. The van der Waals surface area contributed by atoms with Crippen LogP contribution in [0.4, 0.5) is 0 Å². The minimum absolute atomic E-state index is 0. The van der Waals surface area contributed by atoms with Gasteiger partial charge in [-0.2, -0.15) is 0 Å². The molecule has 0 spiro atoms. The number of hydrogen-bond donors (Lipinski definition) is 0. The van der Waals surface area contributed by atoms with E-state index in [2.05, 4.69) is 0 Å². The molecular weight excluding hydrogens is 152 g/mol. The van der Waals surface area contributed by atoms with E-state index in [1.165, 1.54) is 0 Å². The zero-order chi connectivity index (χ0) is 3.58. The molecular formula is AlMg2O3Si+5. The maximum atomic E-state index is 8.52. The summed E-state index contributed by atoms with van der Waals surface area (Å²) in [5, 5.41) is 0. The van der Waals surface area contributed by atoms with Crippen molar-refractivity contribution in [1.29, 1.82) is 0 Å². The molecule has 0 fully saturated rings. The van der Waals surface area contributed by atoms with Gasteiger partial charge in [0.25, 0.3) is 0 Å². The van der Waals surface area contributed by atoms with Crippen LogP contribution in [0.2, 0.25) is 0 Å². The van der Waals surface area contributed by atoms with Gasteiger partial charge in [0.1, 0.15) is 0 Å². The summed E-state index contributed by atoms with van der Waals surface area (Å²) in [4.78, 5) is 17.0. The molecule has 0 aromatic rings. The van der Waals surface area contributed by atoms with Crippen LogP contribution in [0.1, 0.15) is 0 Å². The quantitative estimate of drug-likeness (QED) is 0.332. The molecule has 7 heavy (non-hydrogen) atoms. The van der Waals surface area contributed by atoms with Crippen molar-refractivity contribution in [2.24, 2.45) is 0 Å². The van der Waals surface area contributed by atoms with Crippen LogP contribution < -0.4 is 9.59 Å². The molecule has 3 nitrogen and oxygen atoms in total. The third-order valence-electron chi connectivity index (χ3n) is 0. The predicted molar refractivity (Wildman–Crippen MR) is 23.7 cm³/mol. The molecule has 0 aromatic carbocycles. The van der Waals surface area contributed by atoms with Gasteiger partial charge in [-0.25, -0.2) is 0 Å². The van der Waals surface area contributed by atoms with Crippen LogP contribution in [0.15, 0.2) is 0 Å². The van der Waals surface area contributed by atoms with E-state index in [1.54, 1.807) is 0 Å². The van der Waals surface area contributed by atoms with E-state index in [-0.39, 0.29) is 63.5 Å². The topological polar surface area (TPSA) is 63.2 Å². The average molecular weight is 152 g/mol. The summed E-state index contributed by atoms with van der Waals surface area (Å²) >= 11 is 0. The zero-order valence-electron chi connectivity index (χ0n) is 3.72. The normalized spacial score (nSPS) is 3.43. The molecule has 0 amide bonds. The van der Waals surface area contributed by atoms with E-state index in [0.717, 1.165) is 0 Å². The molecule has 0 aromatic heterocycles.